The minimum atomic E-state index is -0.421. The van der Waals surface area contributed by atoms with Crippen molar-refractivity contribution in [3.8, 4) is 0 Å². The van der Waals surface area contributed by atoms with Gasteiger partial charge in [-0.1, -0.05) is 37.2 Å². The van der Waals surface area contributed by atoms with E-state index in [1.807, 2.05) is 0 Å². The summed E-state index contributed by atoms with van der Waals surface area (Å²) < 4.78 is 10.1. The van der Waals surface area contributed by atoms with Gasteiger partial charge < -0.3 is 14.8 Å². The van der Waals surface area contributed by atoms with Crippen molar-refractivity contribution in [2.75, 3.05) is 25.6 Å². The molecule has 0 spiro atoms. The molecular weight excluding hydrogens is 298 g/mol. The molecule has 0 heterocycles. The maximum atomic E-state index is 11.5. The van der Waals surface area contributed by atoms with Crippen LogP contribution in [-0.4, -0.2) is 31.3 Å². The molecule has 4 nitrogen and oxygen atoms in total. The fourth-order valence-corrected chi connectivity index (χ4v) is 1.82. The summed E-state index contributed by atoms with van der Waals surface area (Å²) >= 11 is 11.2. The van der Waals surface area contributed by atoms with E-state index in [1.54, 1.807) is 18.2 Å². The maximum absolute atomic E-state index is 11.5. The number of methoxy groups -OCH3 is 1. The third-order valence-electron chi connectivity index (χ3n) is 2.54. The third kappa shape index (κ3) is 5.45. The maximum Gasteiger partial charge on any atom is 0.337 e. The molecule has 1 rings (SSSR count). The molecule has 0 aliphatic heterocycles. The summed E-state index contributed by atoms with van der Waals surface area (Å²) in [6, 6.07) is 4.82. The predicted molar refractivity (Wildman–Crippen MR) is 84.7 cm³/mol. The van der Waals surface area contributed by atoms with Crippen molar-refractivity contribution in [2.45, 2.75) is 19.8 Å². The molecule has 0 fully saturated rings. The van der Waals surface area contributed by atoms with Gasteiger partial charge in [-0.15, -0.1) is 0 Å². The summed E-state index contributed by atoms with van der Waals surface area (Å²) in [5.74, 6) is -0.421. The van der Waals surface area contributed by atoms with E-state index in [-0.39, 0.29) is 0 Å². The van der Waals surface area contributed by atoms with Gasteiger partial charge >= 0.3 is 5.97 Å². The molecule has 110 valence electrons. The minimum Gasteiger partial charge on any atom is -0.465 e. The number of ether oxygens (including phenoxy) is 2. The van der Waals surface area contributed by atoms with E-state index in [9.17, 15) is 4.79 Å². The molecule has 0 aliphatic rings. The van der Waals surface area contributed by atoms with Crippen molar-refractivity contribution >= 4 is 40.5 Å². The van der Waals surface area contributed by atoms with Gasteiger partial charge in [-0.05, 0) is 24.6 Å². The van der Waals surface area contributed by atoms with Gasteiger partial charge in [0.2, 0.25) is 0 Å². The molecule has 0 saturated heterocycles. The predicted octanol–water partition coefficient (Wildman–Crippen LogP) is 3.68. The zero-order valence-corrected chi connectivity index (χ0v) is 13.1. The average molecular weight is 316 g/mol. The van der Waals surface area contributed by atoms with Crippen molar-refractivity contribution in [3.63, 3.8) is 0 Å². The SMILES string of the molecule is CCCCOCC(=S)Nc1cc(C(=O)OC)ccc1Cl. The highest BCUT2D eigenvalue weighted by Gasteiger charge is 2.10. The number of hydrogen-bond donors (Lipinski definition) is 1. The summed E-state index contributed by atoms with van der Waals surface area (Å²) in [6.07, 6.45) is 2.08. The minimum absolute atomic E-state index is 0.327. The number of nitrogens with one attached hydrogen (secondary N) is 1. The van der Waals surface area contributed by atoms with Crippen LogP contribution in [0, 0.1) is 0 Å². The Morgan fingerprint density at radius 3 is 2.85 bits per heavy atom. The van der Waals surface area contributed by atoms with Crippen LogP contribution in [0.2, 0.25) is 5.02 Å². The molecule has 6 heteroatoms. The van der Waals surface area contributed by atoms with Gasteiger partial charge in [-0.2, -0.15) is 0 Å². The number of thiocarbonyl (C=S) groups is 1. The zero-order valence-electron chi connectivity index (χ0n) is 11.6. The van der Waals surface area contributed by atoms with Crippen LogP contribution in [0.25, 0.3) is 0 Å². The van der Waals surface area contributed by atoms with Crippen molar-refractivity contribution < 1.29 is 14.3 Å². The van der Waals surface area contributed by atoms with Crippen molar-refractivity contribution in [1.29, 1.82) is 0 Å². The van der Waals surface area contributed by atoms with Gasteiger partial charge in [-0.3, -0.25) is 0 Å². The molecule has 0 aromatic heterocycles. The molecular formula is C14H18ClNO3S. The van der Waals surface area contributed by atoms with Crippen molar-refractivity contribution in [2.24, 2.45) is 0 Å². The first kappa shape index (κ1) is 16.9. The molecule has 0 saturated carbocycles. The van der Waals surface area contributed by atoms with E-state index < -0.39 is 5.97 Å². The molecule has 0 unspecified atom stereocenters. The monoisotopic (exact) mass is 315 g/mol. The van der Waals surface area contributed by atoms with E-state index in [2.05, 4.69) is 17.0 Å². The summed E-state index contributed by atoms with van der Waals surface area (Å²) in [5, 5.41) is 3.45. The van der Waals surface area contributed by atoms with Gasteiger partial charge in [0.05, 0.1) is 30.0 Å². The first-order valence-corrected chi connectivity index (χ1v) is 7.12. The number of carbonyl (C=O) groups excluding carboxylic acids is 1. The summed E-state index contributed by atoms with van der Waals surface area (Å²) in [5.41, 5.74) is 0.979. The molecule has 1 N–H and O–H groups in total. The number of anilines is 1. The third-order valence-corrected chi connectivity index (χ3v) is 3.09. The molecule has 0 amide bonds. The Bertz CT molecular complexity index is 479. The van der Waals surface area contributed by atoms with Crippen LogP contribution in [0.4, 0.5) is 5.69 Å². The van der Waals surface area contributed by atoms with Crippen molar-refractivity contribution in [3.05, 3.63) is 28.8 Å². The quantitative estimate of drug-likeness (QED) is 0.472. The van der Waals surface area contributed by atoms with E-state index in [0.717, 1.165) is 12.8 Å². The van der Waals surface area contributed by atoms with Crippen LogP contribution in [0.15, 0.2) is 18.2 Å². The van der Waals surface area contributed by atoms with E-state index in [1.165, 1.54) is 7.11 Å². The second-order valence-corrected chi connectivity index (χ2v) is 5.04. The molecule has 0 atom stereocenters. The highest BCUT2D eigenvalue weighted by atomic mass is 35.5. The van der Waals surface area contributed by atoms with Crippen LogP contribution in [0.3, 0.4) is 0 Å². The van der Waals surface area contributed by atoms with Crippen LogP contribution in [0.5, 0.6) is 0 Å². The van der Waals surface area contributed by atoms with Gasteiger partial charge in [0.25, 0.3) is 0 Å². The molecule has 0 bridgehead atoms. The normalized spacial score (nSPS) is 10.2. The number of benzene rings is 1. The lowest BCUT2D eigenvalue weighted by atomic mass is 10.2. The first-order valence-electron chi connectivity index (χ1n) is 6.34. The Morgan fingerprint density at radius 2 is 2.20 bits per heavy atom. The first-order chi connectivity index (χ1) is 9.58. The van der Waals surface area contributed by atoms with Crippen LogP contribution < -0.4 is 5.32 Å². The second-order valence-electron chi connectivity index (χ2n) is 4.14. The average Bonchev–Trinajstić information content (AvgIpc) is 2.45. The Labute approximate surface area is 129 Å². The van der Waals surface area contributed by atoms with Crippen LogP contribution >= 0.6 is 23.8 Å². The molecule has 1 aromatic rings. The largest absolute Gasteiger partial charge is 0.465 e. The van der Waals surface area contributed by atoms with Crippen LogP contribution in [0.1, 0.15) is 30.1 Å². The highest BCUT2D eigenvalue weighted by molar-refractivity contribution is 7.80. The zero-order chi connectivity index (χ0) is 15.0. The van der Waals surface area contributed by atoms with E-state index >= 15 is 0 Å². The van der Waals surface area contributed by atoms with Crippen molar-refractivity contribution in [1.82, 2.24) is 0 Å². The number of rotatable bonds is 7. The fourth-order valence-electron chi connectivity index (χ4n) is 1.46. The Kier molecular flexibility index (Phi) is 7.51. The smallest absolute Gasteiger partial charge is 0.337 e. The molecule has 20 heavy (non-hydrogen) atoms. The Balaban J connectivity index is 2.62. The lowest BCUT2D eigenvalue weighted by molar-refractivity contribution is 0.0601. The van der Waals surface area contributed by atoms with Gasteiger partial charge in [0, 0.05) is 6.61 Å². The van der Waals surface area contributed by atoms with Gasteiger partial charge in [0.1, 0.15) is 4.99 Å². The standard InChI is InChI=1S/C14H18ClNO3S/c1-3-4-7-19-9-13(20)16-12-8-10(14(17)18-2)5-6-11(12)15/h5-6,8H,3-4,7,9H2,1-2H3,(H,16,20). The second kappa shape index (κ2) is 8.89. The van der Waals surface area contributed by atoms with E-state index in [0.29, 0.717) is 34.5 Å². The lowest BCUT2D eigenvalue weighted by Gasteiger charge is -2.11. The summed E-state index contributed by atoms with van der Waals surface area (Å²) in [7, 11) is 1.33. The lowest BCUT2D eigenvalue weighted by Crippen LogP contribution is -2.17. The van der Waals surface area contributed by atoms with Crippen LogP contribution in [-0.2, 0) is 9.47 Å². The molecule has 1 aromatic carbocycles. The Morgan fingerprint density at radius 1 is 1.45 bits per heavy atom. The fraction of sp³-hybridized carbons (Fsp3) is 0.429. The topological polar surface area (TPSA) is 47.6 Å². The summed E-state index contributed by atoms with van der Waals surface area (Å²) in [4.78, 5) is 12.0. The number of halogens is 1. The number of carbonyl (C=O) groups is 1. The Hall–Kier alpha value is -1.17. The van der Waals surface area contributed by atoms with Gasteiger partial charge in [-0.25, -0.2) is 4.79 Å². The number of unbranched alkanes of at least 4 members (excludes halogenated alkanes) is 1. The molecule has 0 radical (unpaired) electrons. The highest BCUT2D eigenvalue weighted by Crippen LogP contribution is 2.23. The summed E-state index contributed by atoms with van der Waals surface area (Å²) in [6.45, 7) is 3.10. The van der Waals surface area contributed by atoms with E-state index in [4.69, 9.17) is 28.6 Å². The van der Waals surface area contributed by atoms with Gasteiger partial charge in [0.15, 0.2) is 0 Å². The number of hydrogen-bond acceptors (Lipinski definition) is 4. The molecule has 0 aliphatic carbocycles. The number of esters is 1.